The second kappa shape index (κ2) is 14.3. The summed E-state index contributed by atoms with van der Waals surface area (Å²) in [4.78, 5) is 0. The molecule has 3 heterocycles. The van der Waals surface area contributed by atoms with Crippen LogP contribution in [0.5, 0.6) is 11.5 Å². The third kappa shape index (κ3) is 5.94. The summed E-state index contributed by atoms with van der Waals surface area (Å²) in [6.07, 6.45) is 0. The number of fused-ring (bicyclic) bond motifs is 7. The minimum atomic E-state index is -0.101. The Balaban J connectivity index is 1.20. The third-order valence-corrected chi connectivity index (χ3v) is 13.9. The van der Waals surface area contributed by atoms with E-state index in [2.05, 4.69) is 228 Å². The molecule has 10 aromatic rings. The van der Waals surface area contributed by atoms with E-state index in [1.54, 1.807) is 0 Å². The van der Waals surface area contributed by atoms with Crippen molar-refractivity contribution in [3.8, 4) is 72.8 Å². The van der Waals surface area contributed by atoms with Crippen LogP contribution >= 0.6 is 0 Å². The fraction of sp³-hybridized carbons (Fsp3) is 0.115. The SMILES string of the molecule is Cc1cc(C)c(-c2ccc3c(c2)B2c4c(cc(C(C)(C)C)cc4-n4c5ccc(-c6ccccc6-c6ccccc6)cc5c5cc(-c6ccccc6-c6ccccc6)cc2c54)O3)c(C)c1. The van der Waals surface area contributed by atoms with Gasteiger partial charge in [-0.1, -0.05) is 172 Å². The van der Waals surface area contributed by atoms with Crippen LogP contribution in [0.25, 0.3) is 83.1 Å². The number of aromatic nitrogens is 1. The van der Waals surface area contributed by atoms with Gasteiger partial charge in [-0.2, -0.15) is 0 Å². The van der Waals surface area contributed by atoms with Crippen LogP contribution in [-0.2, 0) is 5.41 Å². The lowest BCUT2D eigenvalue weighted by Gasteiger charge is -2.35. The zero-order chi connectivity index (χ0) is 43.4. The Morgan fingerprint density at radius 2 is 1.00 bits per heavy atom. The molecule has 3 heteroatoms. The lowest BCUT2D eigenvalue weighted by molar-refractivity contribution is 0.483. The molecule has 0 amide bonds. The molecule has 0 bridgehead atoms. The van der Waals surface area contributed by atoms with Gasteiger partial charge < -0.3 is 9.30 Å². The predicted octanol–water partition coefficient (Wildman–Crippen LogP) is 14.3. The minimum absolute atomic E-state index is 0.0600. The molecule has 0 unspecified atom stereocenters. The number of nitrogens with zero attached hydrogens (tertiary/aromatic N) is 1. The van der Waals surface area contributed by atoms with Gasteiger partial charge in [-0.3, -0.25) is 0 Å². The number of hydrogen-bond acceptors (Lipinski definition) is 1. The molecule has 2 nitrogen and oxygen atoms in total. The van der Waals surface area contributed by atoms with Gasteiger partial charge in [0, 0.05) is 22.0 Å². The highest BCUT2D eigenvalue weighted by Crippen LogP contribution is 2.44. The molecule has 64 heavy (non-hydrogen) atoms. The normalized spacial score (nSPS) is 12.6. The van der Waals surface area contributed by atoms with Gasteiger partial charge in [-0.05, 0) is 151 Å². The quantitative estimate of drug-likeness (QED) is 0.158. The van der Waals surface area contributed by atoms with Gasteiger partial charge in [-0.15, -0.1) is 0 Å². The van der Waals surface area contributed by atoms with Crippen molar-refractivity contribution >= 4 is 44.9 Å². The van der Waals surface area contributed by atoms with Crippen LogP contribution in [0, 0.1) is 20.8 Å². The zero-order valence-corrected chi connectivity index (χ0v) is 37.3. The summed E-state index contributed by atoms with van der Waals surface area (Å²) in [6, 6.07) is 67.8. The highest BCUT2D eigenvalue weighted by atomic mass is 16.5. The number of ether oxygens (including phenoxy) is 1. The average Bonchev–Trinajstić information content (AvgIpc) is 3.64. The van der Waals surface area contributed by atoms with Crippen LogP contribution in [-0.4, -0.2) is 11.3 Å². The number of hydrogen-bond donors (Lipinski definition) is 0. The van der Waals surface area contributed by atoms with Crippen LogP contribution in [0.15, 0.2) is 182 Å². The Bertz CT molecular complexity index is 3510. The molecule has 0 fully saturated rings. The molecule has 12 rings (SSSR count). The fourth-order valence-electron chi connectivity index (χ4n) is 11.0. The lowest BCUT2D eigenvalue weighted by atomic mass is 9.34. The van der Waals surface area contributed by atoms with Gasteiger partial charge >= 0.3 is 0 Å². The highest BCUT2D eigenvalue weighted by molar-refractivity contribution is 6.99. The first-order valence-corrected chi connectivity index (χ1v) is 22.6. The largest absolute Gasteiger partial charge is 0.458 e. The van der Waals surface area contributed by atoms with Crippen molar-refractivity contribution in [1.82, 2.24) is 4.57 Å². The number of aryl methyl sites for hydroxylation is 3. The van der Waals surface area contributed by atoms with E-state index >= 15 is 0 Å². The van der Waals surface area contributed by atoms with E-state index in [1.165, 1.54) is 122 Å². The summed E-state index contributed by atoms with van der Waals surface area (Å²) in [5.41, 5.74) is 24.7. The Morgan fingerprint density at radius 3 is 1.62 bits per heavy atom. The van der Waals surface area contributed by atoms with Crippen molar-refractivity contribution in [1.29, 1.82) is 0 Å². The van der Waals surface area contributed by atoms with Crippen molar-refractivity contribution in [2.75, 3.05) is 0 Å². The van der Waals surface area contributed by atoms with Gasteiger partial charge in [0.05, 0.1) is 5.52 Å². The summed E-state index contributed by atoms with van der Waals surface area (Å²) in [5, 5.41) is 2.50. The summed E-state index contributed by atoms with van der Waals surface area (Å²) >= 11 is 0. The molecule has 0 radical (unpaired) electrons. The number of benzene rings is 9. The molecule has 0 N–H and O–H groups in total. The monoisotopic (exact) mass is 821 g/mol. The maximum Gasteiger partial charge on any atom is 0.256 e. The summed E-state index contributed by atoms with van der Waals surface area (Å²) < 4.78 is 9.71. The first kappa shape index (κ1) is 38.3. The molecule has 1 aromatic heterocycles. The molecule has 0 saturated heterocycles. The van der Waals surface area contributed by atoms with Gasteiger partial charge in [-0.25, -0.2) is 0 Å². The van der Waals surface area contributed by atoms with E-state index in [4.69, 9.17) is 4.74 Å². The fourth-order valence-corrected chi connectivity index (χ4v) is 11.0. The molecule has 0 spiro atoms. The van der Waals surface area contributed by atoms with E-state index < -0.39 is 0 Å². The zero-order valence-electron chi connectivity index (χ0n) is 37.3. The Kier molecular flexibility index (Phi) is 8.59. The second-order valence-electron chi connectivity index (χ2n) is 19.1. The topological polar surface area (TPSA) is 14.2 Å². The highest BCUT2D eigenvalue weighted by Gasteiger charge is 2.42. The first-order valence-electron chi connectivity index (χ1n) is 22.6. The molecular weight excluding hydrogens is 773 g/mol. The molecule has 9 aromatic carbocycles. The summed E-state index contributed by atoms with van der Waals surface area (Å²) in [5.74, 6) is 1.87. The van der Waals surface area contributed by atoms with E-state index in [9.17, 15) is 0 Å². The van der Waals surface area contributed by atoms with Crippen molar-refractivity contribution in [3.63, 3.8) is 0 Å². The summed E-state index contributed by atoms with van der Waals surface area (Å²) in [7, 11) is 0. The standard InChI is InChI=1S/C61H48BNO/c1-37-29-38(2)58(39(3)30-37)43-26-28-56-52(33-43)62-53-34-44(49-24-16-14-22-47(49)41-19-11-8-12-20-41)32-51-50-31-42(48-23-15-13-21-46(48)40-17-9-7-10-18-40)25-27-54(50)63(60(51)53)55-35-45(61(4,5)6)36-57(64-56)59(55)62/h7-36H,1-6H3. The molecule has 2 aliphatic rings. The van der Waals surface area contributed by atoms with Crippen LogP contribution in [0.1, 0.15) is 43.0 Å². The maximum absolute atomic E-state index is 7.14. The van der Waals surface area contributed by atoms with E-state index in [1.807, 2.05) is 0 Å². The minimum Gasteiger partial charge on any atom is -0.458 e. The predicted molar refractivity (Wildman–Crippen MR) is 272 cm³/mol. The molecular formula is C61H48BNO. The van der Waals surface area contributed by atoms with Crippen molar-refractivity contribution in [2.24, 2.45) is 0 Å². The number of rotatable bonds is 5. The summed E-state index contributed by atoms with van der Waals surface area (Å²) in [6.45, 7) is 13.5. The Morgan fingerprint density at radius 1 is 0.453 bits per heavy atom. The van der Waals surface area contributed by atoms with E-state index in [-0.39, 0.29) is 12.1 Å². The third-order valence-electron chi connectivity index (χ3n) is 13.9. The second-order valence-corrected chi connectivity index (χ2v) is 19.1. The van der Waals surface area contributed by atoms with Crippen molar-refractivity contribution < 1.29 is 4.74 Å². The Labute approximate surface area is 376 Å². The first-order chi connectivity index (χ1) is 31.1. The van der Waals surface area contributed by atoms with Crippen LogP contribution < -0.4 is 21.1 Å². The average molecular weight is 822 g/mol. The van der Waals surface area contributed by atoms with Crippen LogP contribution in [0.3, 0.4) is 0 Å². The van der Waals surface area contributed by atoms with Crippen molar-refractivity contribution in [3.05, 3.63) is 204 Å². The maximum atomic E-state index is 7.14. The van der Waals surface area contributed by atoms with Gasteiger partial charge in [0.25, 0.3) is 6.71 Å². The van der Waals surface area contributed by atoms with Gasteiger partial charge in [0.15, 0.2) is 0 Å². The van der Waals surface area contributed by atoms with Crippen LogP contribution in [0.2, 0.25) is 0 Å². The Hall–Kier alpha value is -7.36. The van der Waals surface area contributed by atoms with Crippen molar-refractivity contribution in [2.45, 2.75) is 47.0 Å². The molecule has 0 saturated carbocycles. The molecule has 0 aliphatic carbocycles. The van der Waals surface area contributed by atoms with E-state index in [0.29, 0.717) is 0 Å². The molecule has 0 atom stereocenters. The van der Waals surface area contributed by atoms with E-state index in [0.717, 1.165) is 11.5 Å². The van der Waals surface area contributed by atoms with Crippen LogP contribution in [0.4, 0.5) is 0 Å². The smallest absolute Gasteiger partial charge is 0.256 e. The molecule has 2 aliphatic heterocycles. The lowest BCUT2D eigenvalue weighted by Crippen LogP contribution is -2.58. The van der Waals surface area contributed by atoms with Gasteiger partial charge in [0.1, 0.15) is 11.5 Å². The molecule has 306 valence electrons. The van der Waals surface area contributed by atoms with Gasteiger partial charge in [0.2, 0.25) is 0 Å².